The summed E-state index contributed by atoms with van der Waals surface area (Å²) in [5.74, 6) is -0.212. The van der Waals surface area contributed by atoms with Gasteiger partial charge in [0.05, 0.1) is 4.92 Å². The van der Waals surface area contributed by atoms with Gasteiger partial charge in [-0.3, -0.25) is 14.9 Å². The van der Waals surface area contributed by atoms with Gasteiger partial charge in [0.1, 0.15) is 0 Å². The quantitative estimate of drug-likeness (QED) is 0.413. The Hall–Kier alpha value is -3.01. The molecule has 3 aromatic carbocycles. The molecule has 0 bridgehead atoms. The van der Waals surface area contributed by atoms with Gasteiger partial charge in [-0.05, 0) is 10.8 Å². The molecule has 0 saturated carbocycles. The van der Waals surface area contributed by atoms with E-state index in [9.17, 15) is 14.9 Å². The minimum absolute atomic E-state index is 0.0823. The zero-order valence-corrected chi connectivity index (χ0v) is 11.0. The van der Waals surface area contributed by atoms with Crippen LogP contribution in [0, 0.1) is 10.1 Å². The number of non-ortho nitro benzene ring substituents is 1. The molecule has 0 atom stereocenters. The molecular formula is C17H11NO3. The molecule has 0 heterocycles. The molecule has 0 amide bonds. The third-order valence-corrected chi connectivity index (χ3v) is 3.35. The number of nitrogens with zero attached hydrogens (tertiary/aromatic N) is 1. The predicted molar refractivity (Wildman–Crippen MR) is 80.5 cm³/mol. The third-order valence-electron chi connectivity index (χ3n) is 3.35. The van der Waals surface area contributed by atoms with E-state index in [4.69, 9.17) is 0 Å². The van der Waals surface area contributed by atoms with Crippen LogP contribution in [0.1, 0.15) is 15.9 Å². The summed E-state index contributed by atoms with van der Waals surface area (Å²) in [6.45, 7) is 0. The molecule has 0 spiro atoms. The predicted octanol–water partition coefficient (Wildman–Crippen LogP) is 3.98. The Morgan fingerprint density at radius 2 is 1.62 bits per heavy atom. The van der Waals surface area contributed by atoms with Gasteiger partial charge in [-0.25, -0.2) is 0 Å². The van der Waals surface area contributed by atoms with Crippen molar-refractivity contribution in [2.75, 3.05) is 0 Å². The Labute approximate surface area is 120 Å². The first-order valence-corrected chi connectivity index (χ1v) is 6.44. The minimum atomic E-state index is -0.500. The maximum absolute atomic E-state index is 12.6. The smallest absolute Gasteiger partial charge is 0.270 e. The Bertz CT molecular complexity index is 850. The monoisotopic (exact) mass is 277 g/mol. The number of carbonyl (C=O) groups is 1. The van der Waals surface area contributed by atoms with E-state index < -0.39 is 4.92 Å². The second kappa shape index (κ2) is 5.17. The molecule has 0 unspecified atom stereocenters. The van der Waals surface area contributed by atoms with E-state index in [1.165, 1.54) is 18.2 Å². The van der Waals surface area contributed by atoms with E-state index in [0.717, 1.165) is 10.8 Å². The standard InChI is InChI=1S/C17H11NO3/c19-17(13-7-3-8-14(11-13)18(20)21)16-10-4-6-12-5-1-2-9-15(12)16/h1-11H. The average Bonchev–Trinajstić information content (AvgIpc) is 2.53. The van der Waals surface area contributed by atoms with Crippen LogP contribution in [0.25, 0.3) is 10.8 Å². The lowest BCUT2D eigenvalue weighted by Gasteiger charge is -2.05. The van der Waals surface area contributed by atoms with Gasteiger partial charge >= 0.3 is 0 Å². The molecule has 0 saturated heterocycles. The molecule has 0 fully saturated rings. The second-order valence-corrected chi connectivity index (χ2v) is 4.66. The first kappa shape index (κ1) is 13.0. The van der Waals surface area contributed by atoms with E-state index in [1.54, 1.807) is 12.1 Å². The fourth-order valence-electron chi connectivity index (χ4n) is 2.34. The van der Waals surface area contributed by atoms with Crippen molar-refractivity contribution in [2.24, 2.45) is 0 Å². The van der Waals surface area contributed by atoms with Crippen LogP contribution in [0.2, 0.25) is 0 Å². The fraction of sp³-hybridized carbons (Fsp3) is 0. The Balaban J connectivity index is 2.13. The number of nitro benzene ring substituents is 1. The highest BCUT2D eigenvalue weighted by Gasteiger charge is 2.15. The second-order valence-electron chi connectivity index (χ2n) is 4.66. The number of carbonyl (C=O) groups excluding carboxylic acids is 1. The van der Waals surface area contributed by atoms with E-state index in [1.807, 2.05) is 36.4 Å². The summed E-state index contributed by atoms with van der Waals surface area (Å²) in [5, 5.41) is 12.6. The van der Waals surface area contributed by atoms with E-state index >= 15 is 0 Å². The Morgan fingerprint density at radius 3 is 2.43 bits per heavy atom. The number of rotatable bonds is 3. The zero-order chi connectivity index (χ0) is 14.8. The maximum atomic E-state index is 12.6. The highest BCUT2D eigenvalue weighted by molar-refractivity contribution is 6.16. The number of ketones is 1. The highest BCUT2D eigenvalue weighted by Crippen LogP contribution is 2.23. The largest absolute Gasteiger partial charge is 0.289 e. The summed E-state index contributed by atoms with van der Waals surface area (Å²) >= 11 is 0. The number of fused-ring (bicyclic) bond motifs is 1. The molecule has 3 rings (SSSR count). The van der Waals surface area contributed by atoms with Crippen LogP contribution in [0.5, 0.6) is 0 Å². The van der Waals surface area contributed by atoms with Crippen molar-refractivity contribution < 1.29 is 9.72 Å². The Morgan fingerprint density at radius 1 is 0.905 bits per heavy atom. The van der Waals surface area contributed by atoms with Crippen LogP contribution in [0.3, 0.4) is 0 Å². The van der Waals surface area contributed by atoms with Crippen LogP contribution < -0.4 is 0 Å². The van der Waals surface area contributed by atoms with Crippen molar-refractivity contribution in [3.63, 3.8) is 0 Å². The highest BCUT2D eigenvalue weighted by atomic mass is 16.6. The number of hydrogen-bond donors (Lipinski definition) is 0. The first-order valence-electron chi connectivity index (χ1n) is 6.44. The number of hydrogen-bond acceptors (Lipinski definition) is 3. The topological polar surface area (TPSA) is 60.2 Å². The summed E-state index contributed by atoms with van der Waals surface area (Å²) in [4.78, 5) is 22.9. The molecular weight excluding hydrogens is 266 g/mol. The van der Waals surface area contributed by atoms with Crippen LogP contribution in [0.15, 0.2) is 66.7 Å². The van der Waals surface area contributed by atoms with Crippen LogP contribution in [-0.4, -0.2) is 10.7 Å². The summed E-state index contributed by atoms with van der Waals surface area (Å²) in [7, 11) is 0. The van der Waals surface area contributed by atoms with Crippen molar-refractivity contribution in [3.8, 4) is 0 Å². The number of benzene rings is 3. The van der Waals surface area contributed by atoms with Gasteiger partial charge in [-0.1, -0.05) is 54.6 Å². The van der Waals surface area contributed by atoms with Gasteiger partial charge < -0.3 is 0 Å². The van der Waals surface area contributed by atoms with Crippen molar-refractivity contribution in [3.05, 3.63) is 88.0 Å². The molecule has 4 nitrogen and oxygen atoms in total. The minimum Gasteiger partial charge on any atom is -0.289 e. The maximum Gasteiger partial charge on any atom is 0.270 e. The molecule has 0 aliphatic rings. The Kier molecular flexibility index (Phi) is 3.20. The lowest BCUT2D eigenvalue weighted by atomic mass is 9.97. The summed E-state index contributed by atoms with van der Waals surface area (Å²) in [6.07, 6.45) is 0. The molecule has 4 heteroatoms. The normalized spacial score (nSPS) is 10.5. The molecule has 0 aromatic heterocycles. The van der Waals surface area contributed by atoms with Crippen LogP contribution in [-0.2, 0) is 0 Å². The SMILES string of the molecule is O=C(c1cccc([N+](=O)[O-])c1)c1cccc2ccccc12. The zero-order valence-electron chi connectivity index (χ0n) is 11.0. The van der Waals surface area contributed by atoms with Crippen LogP contribution >= 0.6 is 0 Å². The van der Waals surface area contributed by atoms with Crippen molar-refractivity contribution in [2.45, 2.75) is 0 Å². The summed E-state index contributed by atoms with van der Waals surface area (Å²) in [6, 6.07) is 18.9. The molecule has 0 radical (unpaired) electrons. The lowest BCUT2D eigenvalue weighted by molar-refractivity contribution is -0.384. The van der Waals surface area contributed by atoms with Crippen molar-refractivity contribution >= 4 is 22.2 Å². The van der Waals surface area contributed by atoms with Crippen molar-refractivity contribution in [1.82, 2.24) is 0 Å². The van der Waals surface area contributed by atoms with Gasteiger partial charge in [0.15, 0.2) is 5.78 Å². The van der Waals surface area contributed by atoms with Gasteiger partial charge in [-0.2, -0.15) is 0 Å². The number of nitro groups is 1. The average molecular weight is 277 g/mol. The lowest BCUT2D eigenvalue weighted by Crippen LogP contribution is -2.03. The molecule has 3 aromatic rings. The first-order chi connectivity index (χ1) is 10.2. The van der Waals surface area contributed by atoms with Gasteiger partial charge in [-0.15, -0.1) is 0 Å². The van der Waals surface area contributed by atoms with Crippen molar-refractivity contribution in [1.29, 1.82) is 0 Å². The van der Waals surface area contributed by atoms with Gasteiger partial charge in [0.2, 0.25) is 0 Å². The summed E-state index contributed by atoms with van der Waals surface area (Å²) in [5.41, 5.74) is 0.787. The van der Waals surface area contributed by atoms with E-state index in [2.05, 4.69) is 0 Å². The molecule has 0 aliphatic heterocycles. The van der Waals surface area contributed by atoms with Gasteiger partial charge in [0, 0.05) is 23.3 Å². The molecule has 0 aliphatic carbocycles. The molecule has 0 N–H and O–H groups in total. The molecule has 21 heavy (non-hydrogen) atoms. The van der Waals surface area contributed by atoms with E-state index in [-0.39, 0.29) is 11.5 Å². The third kappa shape index (κ3) is 2.39. The van der Waals surface area contributed by atoms with Gasteiger partial charge in [0.25, 0.3) is 5.69 Å². The summed E-state index contributed by atoms with van der Waals surface area (Å²) < 4.78 is 0. The molecule has 102 valence electrons. The fourth-order valence-corrected chi connectivity index (χ4v) is 2.34. The van der Waals surface area contributed by atoms with Crippen LogP contribution in [0.4, 0.5) is 5.69 Å². The van der Waals surface area contributed by atoms with E-state index in [0.29, 0.717) is 11.1 Å².